The van der Waals surface area contributed by atoms with Gasteiger partial charge in [-0.05, 0) is 48.6 Å². The van der Waals surface area contributed by atoms with Gasteiger partial charge in [0.15, 0.2) is 11.5 Å². The summed E-state index contributed by atoms with van der Waals surface area (Å²) in [7, 11) is 0. The summed E-state index contributed by atoms with van der Waals surface area (Å²) in [5.74, 6) is 2.57. The maximum Gasteiger partial charge on any atom is 0.237 e. The van der Waals surface area contributed by atoms with E-state index in [0.717, 1.165) is 53.8 Å². The lowest BCUT2D eigenvalue weighted by Crippen LogP contribution is -2.28. The van der Waals surface area contributed by atoms with Gasteiger partial charge in [-0.2, -0.15) is 0 Å². The van der Waals surface area contributed by atoms with Crippen molar-refractivity contribution < 1.29 is 18.7 Å². The first-order chi connectivity index (χ1) is 13.7. The highest BCUT2D eigenvalue weighted by molar-refractivity contribution is 6.00. The van der Waals surface area contributed by atoms with Crippen LogP contribution in [0.25, 0.3) is 11.3 Å². The number of hydrogen-bond acceptors (Lipinski definition) is 6. The van der Waals surface area contributed by atoms with Crippen LogP contribution in [0.2, 0.25) is 0 Å². The molecule has 6 rings (SSSR count). The molecule has 7 nitrogen and oxygen atoms in total. The van der Waals surface area contributed by atoms with Gasteiger partial charge in [-0.15, -0.1) is 0 Å². The van der Waals surface area contributed by atoms with Crippen LogP contribution in [0.15, 0.2) is 41.1 Å². The molecule has 1 aliphatic heterocycles. The van der Waals surface area contributed by atoms with Crippen molar-refractivity contribution in [2.45, 2.75) is 31.1 Å². The third-order valence-corrected chi connectivity index (χ3v) is 5.82. The number of aromatic nitrogens is 2. The second kappa shape index (κ2) is 5.58. The van der Waals surface area contributed by atoms with Crippen LogP contribution in [0.4, 0.5) is 5.95 Å². The van der Waals surface area contributed by atoms with E-state index in [1.807, 2.05) is 24.3 Å². The molecule has 0 radical (unpaired) electrons. The molecule has 3 heterocycles. The Kier molecular flexibility index (Phi) is 3.12. The highest BCUT2D eigenvalue weighted by Crippen LogP contribution is 2.51. The summed E-state index contributed by atoms with van der Waals surface area (Å²) in [5.41, 5.74) is 3.28. The molecule has 1 amide bonds. The first-order valence-electron chi connectivity index (χ1n) is 9.37. The summed E-state index contributed by atoms with van der Waals surface area (Å²) < 4.78 is 16.4. The number of ether oxygens (including phenoxy) is 2. The fourth-order valence-electron chi connectivity index (χ4n) is 4.06. The molecule has 1 saturated carbocycles. The summed E-state index contributed by atoms with van der Waals surface area (Å²) in [5, 5.41) is 2.92. The second-order valence-electron chi connectivity index (χ2n) is 7.43. The monoisotopic (exact) mass is 375 g/mol. The van der Waals surface area contributed by atoms with E-state index in [1.165, 1.54) is 0 Å². The Morgan fingerprint density at radius 2 is 2.00 bits per heavy atom. The van der Waals surface area contributed by atoms with Crippen LogP contribution in [-0.4, -0.2) is 22.7 Å². The lowest BCUT2D eigenvalue weighted by atomic mass is 9.94. The van der Waals surface area contributed by atoms with Crippen molar-refractivity contribution in [3.63, 3.8) is 0 Å². The molecule has 7 heteroatoms. The van der Waals surface area contributed by atoms with Gasteiger partial charge in [0.25, 0.3) is 0 Å². The Morgan fingerprint density at radius 3 is 2.89 bits per heavy atom. The number of hydrogen-bond donors (Lipinski definition) is 1. The zero-order valence-electron chi connectivity index (χ0n) is 15.0. The maximum absolute atomic E-state index is 13.1. The number of benzene rings is 1. The Morgan fingerprint density at radius 1 is 1.11 bits per heavy atom. The molecular weight excluding hydrogens is 358 g/mol. The van der Waals surface area contributed by atoms with Gasteiger partial charge in [0.1, 0.15) is 5.76 Å². The van der Waals surface area contributed by atoms with Gasteiger partial charge in [0.05, 0.1) is 17.4 Å². The zero-order chi connectivity index (χ0) is 18.7. The molecule has 2 aliphatic carbocycles. The van der Waals surface area contributed by atoms with Crippen molar-refractivity contribution in [3.8, 4) is 22.8 Å². The van der Waals surface area contributed by atoms with Crippen molar-refractivity contribution >= 4 is 11.9 Å². The van der Waals surface area contributed by atoms with Crippen LogP contribution in [0.3, 0.4) is 0 Å². The lowest BCUT2D eigenvalue weighted by molar-refractivity contribution is -0.118. The van der Waals surface area contributed by atoms with Gasteiger partial charge in [-0.3, -0.25) is 10.1 Å². The Hall–Kier alpha value is -3.35. The number of amides is 1. The molecule has 2 aromatic heterocycles. The summed E-state index contributed by atoms with van der Waals surface area (Å²) in [6, 6.07) is 7.62. The first kappa shape index (κ1) is 15.7. The van der Waals surface area contributed by atoms with Gasteiger partial charge >= 0.3 is 0 Å². The number of nitrogens with one attached hydrogen (secondary N) is 1. The molecule has 1 N–H and O–H groups in total. The van der Waals surface area contributed by atoms with E-state index < -0.39 is 5.41 Å². The van der Waals surface area contributed by atoms with E-state index in [2.05, 4.69) is 15.3 Å². The van der Waals surface area contributed by atoms with Crippen molar-refractivity contribution in [2.75, 3.05) is 12.1 Å². The van der Waals surface area contributed by atoms with Crippen molar-refractivity contribution in [2.24, 2.45) is 0 Å². The zero-order valence-corrected chi connectivity index (χ0v) is 15.0. The molecule has 0 saturated heterocycles. The van der Waals surface area contributed by atoms with Crippen LogP contribution in [-0.2, 0) is 23.1 Å². The number of rotatable bonds is 3. The smallest absolute Gasteiger partial charge is 0.237 e. The van der Waals surface area contributed by atoms with E-state index in [-0.39, 0.29) is 12.7 Å². The predicted octanol–water partition coefficient (Wildman–Crippen LogP) is 3.23. The third kappa shape index (κ3) is 2.25. The van der Waals surface area contributed by atoms with Crippen molar-refractivity contribution in [1.82, 2.24) is 9.97 Å². The lowest BCUT2D eigenvalue weighted by Gasteiger charge is -2.17. The van der Waals surface area contributed by atoms with Crippen molar-refractivity contribution in [3.05, 3.63) is 53.6 Å². The highest BCUT2D eigenvalue weighted by Gasteiger charge is 2.52. The van der Waals surface area contributed by atoms with E-state index in [9.17, 15) is 4.79 Å². The number of carbonyl (C=O) groups is 1. The third-order valence-electron chi connectivity index (χ3n) is 5.82. The minimum Gasteiger partial charge on any atom is -0.469 e. The average molecular weight is 375 g/mol. The van der Waals surface area contributed by atoms with Crippen molar-refractivity contribution in [1.29, 1.82) is 0 Å². The Balaban J connectivity index is 1.29. The van der Waals surface area contributed by atoms with Gasteiger partial charge in [0.2, 0.25) is 18.6 Å². The maximum atomic E-state index is 13.1. The van der Waals surface area contributed by atoms with Crippen LogP contribution in [0.5, 0.6) is 11.5 Å². The highest BCUT2D eigenvalue weighted by atomic mass is 16.7. The minimum absolute atomic E-state index is 0.0884. The Labute approximate surface area is 160 Å². The Bertz CT molecular complexity index is 1120. The van der Waals surface area contributed by atoms with E-state index >= 15 is 0 Å². The number of aryl methyl sites for hydroxylation is 2. The molecule has 0 atom stereocenters. The van der Waals surface area contributed by atoms with Crippen LogP contribution in [0, 0.1) is 0 Å². The average Bonchev–Trinajstić information content (AvgIpc) is 3.16. The molecule has 1 fully saturated rings. The van der Waals surface area contributed by atoms with Crippen LogP contribution in [0.1, 0.15) is 29.7 Å². The predicted molar refractivity (Wildman–Crippen MR) is 99.2 cm³/mol. The van der Waals surface area contributed by atoms with Crippen LogP contribution >= 0.6 is 0 Å². The molecule has 1 aromatic carbocycles. The van der Waals surface area contributed by atoms with Crippen LogP contribution < -0.4 is 14.8 Å². The molecule has 3 aliphatic rings. The van der Waals surface area contributed by atoms with Gasteiger partial charge < -0.3 is 13.9 Å². The molecule has 140 valence electrons. The molecule has 28 heavy (non-hydrogen) atoms. The largest absolute Gasteiger partial charge is 0.469 e. The quantitative estimate of drug-likeness (QED) is 0.756. The summed E-state index contributed by atoms with van der Waals surface area (Å²) in [4.78, 5) is 22.1. The summed E-state index contributed by atoms with van der Waals surface area (Å²) in [6.07, 6.45) is 6.74. The van der Waals surface area contributed by atoms with E-state index in [1.54, 1.807) is 12.5 Å². The topological polar surface area (TPSA) is 86.5 Å². The molecule has 0 unspecified atom stereocenters. The standard InChI is InChI=1S/C21H17N3O4/c25-19(21(6-7-21)13-2-4-16-17(9-13)28-11-27-16)24-20-22-10-12-1-3-15-14(5-8-26-15)18(12)23-20/h2,4-5,8-10H,1,3,6-7,11H2,(H,22,23,24,25). The molecular formula is C21H17N3O4. The normalized spacial score (nSPS) is 17.6. The molecule has 0 spiro atoms. The minimum atomic E-state index is -0.555. The van der Waals surface area contributed by atoms with E-state index in [4.69, 9.17) is 13.9 Å². The molecule has 3 aromatic rings. The molecule has 0 bridgehead atoms. The SMILES string of the molecule is O=C(Nc1ncc2c(n1)-c1ccoc1CC2)C1(c2ccc3c(c2)OCO3)CC1. The van der Waals surface area contributed by atoms with Gasteiger partial charge in [-0.1, -0.05) is 6.07 Å². The number of carbonyl (C=O) groups excluding carboxylic acids is 1. The fourth-order valence-corrected chi connectivity index (χ4v) is 4.06. The summed E-state index contributed by atoms with van der Waals surface area (Å²) >= 11 is 0. The van der Waals surface area contributed by atoms with Gasteiger partial charge in [-0.25, -0.2) is 9.97 Å². The number of nitrogens with zero attached hydrogens (tertiary/aromatic N) is 2. The second-order valence-corrected chi connectivity index (χ2v) is 7.43. The first-order valence-corrected chi connectivity index (χ1v) is 9.37. The fraction of sp³-hybridized carbons (Fsp3) is 0.286. The number of anilines is 1. The van der Waals surface area contributed by atoms with E-state index in [0.29, 0.717) is 17.4 Å². The van der Waals surface area contributed by atoms with Gasteiger partial charge in [0, 0.05) is 18.2 Å². The number of furan rings is 1. The number of fused-ring (bicyclic) bond motifs is 4. The summed E-state index contributed by atoms with van der Waals surface area (Å²) in [6.45, 7) is 0.219.